The van der Waals surface area contributed by atoms with Crippen LogP contribution in [0.5, 0.6) is 5.75 Å². The number of carboxylic acid groups (broad SMARTS) is 2. The van der Waals surface area contributed by atoms with Crippen LogP contribution in [0.1, 0.15) is 82.8 Å². The van der Waals surface area contributed by atoms with Crippen molar-refractivity contribution in [3.63, 3.8) is 0 Å². The van der Waals surface area contributed by atoms with Gasteiger partial charge in [-0.05, 0) is 76.3 Å². The zero-order valence-electron chi connectivity index (χ0n) is 17.2. The second-order valence-corrected chi connectivity index (χ2v) is 8.97. The summed E-state index contributed by atoms with van der Waals surface area (Å²) in [6.45, 7) is 3.51. The Morgan fingerprint density at radius 1 is 0.964 bits per heavy atom. The number of phenols is 1. The Balaban J connectivity index is 1.73. The first-order valence-corrected chi connectivity index (χ1v) is 10.4. The van der Waals surface area contributed by atoms with Crippen molar-refractivity contribution in [2.45, 2.75) is 84.5 Å². The number of hydrogen-bond donors (Lipinski definition) is 3. The van der Waals surface area contributed by atoms with Gasteiger partial charge in [-0.25, -0.2) is 0 Å². The second-order valence-electron chi connectivity index (χ2n) is 8.97. The minimum atomic E-state index is -0.756. The van der Waals surface area contributed by atoms with Gasteiger partial charge in [0.1, 0.15) is 5.75 Å². The van der Waals surface area contributed by atoms with Crippen LogP contribution in [-0.4, -0.2) is 27.3 Å². The minimum Gasteiger partial charge on any atom is -0.507 e. The molecule has 2 rings (SSSR count). The molecule has 0 heterocycles. The minimum absolute atomic E-state index is 0.368. The van der Waals surface area contributed by atoms with Gasteiger partial charge >= 0.3 is 11.9 Å². The molecule has 0 saturated heterocycles. The molecule has 0 spiro atoms. The van der Waals surface area contributed by atoms with Crippen LogP contribution >= 0.6 is 0 Å². The third-order valence-corrected chi connectivity index (χ3v) is 6.19. The highest BCUT2D eigenvalue weighted by molar-refractivity contribution is 5.77. The van der Waals surface area contributed by atoms with Crippen LogP contribution in [0.4, 0.5) is 0 Å². The number of phenolic OH excluding ortho intramolecular Hbond substituents is 1. The van der Waals surface area contributed by atoms with E-state index in [0.717, 1.165) is 75.3 Å². The number of unbranched alkanes of at least 4 members (excludes halogenated alkanes) is 3. The lowest BCUT2D eigenvalue weighted by molar-refractivity contribution is -0.147. The molecular formula is C23H34O5. The predicted molar refractivity (Wildman–Crippen MR) is 109 cm³/mol. The van der Waals surface area contributed by atoms with Crippen LogP contribution < -0.4 is 0 Å². The summed E-state index contributed by atoms with van der Waals surface area (Å²) in [7, 11) is 0. The van der Waals surface area contributed by atoms with Crippen LogP contribution in [0.15, 0.2) is 18.2 Å². The molecule has 0 radical (unpaired) electrons. The molecule has 156 valence electrons. The fraction of sp³-hybridized carbons (Fsp3) is 0.652. The normalized spacial score (nSPS) is 15.4. The molecule has 28 heavy (non-hydrogen) atoms. The summed E-state index contributed by atoms with van der Waals surface area (Å²) < 4.78 is 0. The fourth-order valence-corrected chi connectivity index (χ4v) is 3.71. The van der Waals surface area contributed by atoms with Crippen LogP contribution in [0.3, 0.4) is 0 Å². The zero-order valence-corrected chi connectivity index (χ0v) is 17.2. The highest BCUT2D eigenvalue weighted by Gasteiger charge is 2.49. The van der Waals surface area contributed by atoms with Crippen LogP contribution in [0.25, 0.3) is 0 Å². The molecule has 1 aliphatic rings. The summed E-state index contributed by atoms with van der Waals surface area (Å²) >= 11 is 0. The largest absolute Gasteiger partial charge is 0.507 e. The Morgan fingerprint density at radius 2 is 1.54 bits per heavy atom. The van der Waals surface area contributed by atoms with Gasteiger partial charge in [0.15, 0.2) is 0 Å². The third kappa shape index (κ3) is 5.98. The summed E-state index contributed by atoms with van der Waals surface area (Å²) in [6.07, 6.45) is 9.03. The molecule has 0 aromatic heterocycles. The number of aliphatic carboxylic acids is 2. The van der Waals surface area contributed by atoms with E-state index in [1.807, 2.05) is 18.2 Å². The summed E-state index contributed by atoms with van der Waals surface area (Å²) in [4.78, 5) is 22.3. The average Bonchev–Trinajstić information content (AvgIpc) is 3.42. The number of carbonyl (C=O) groups is 2. The van der Waals surface area contributed by atoms with E-state index in [1.165, 1.54) is 0 Å². The van der Waals surface area contributed by atoms with Gasteiger partial charge in [0, 0.05) is 0 Å². The molecule has 0 unspecified atom stereocenters. The molecule has 3 N–H and O–H groups in total. The summed E-state index contributed by atoms with van der Waals surface area (Å²) in [5.74, 6) is -1.05. The lowest BCUT2D eigenvalue weighted by Crippen LogP contribution is -2.23. The van der Waals surface area contributed by atoms with Crippen molar-refractivity contribution in [2.24, 2.45) is 10.8 Å². The Kier molecular flexibility index (Phi) is 7.50. The quantitative estimate of drug-likeness (QED) is 0.403. The van der Waals surface area contributed by atoms with Crippen LogP contribution in [0.2, 0.25) is 0 Å². The molecule has 1 aromatic carbocycles. The van der Waals surface area contributed by atoms with E-state index in [0.29, 0.717) is 12.2 Å². The number of para-hydroxylation sites is 1. The standard InChI is InChI=1S/C23H34O5/c1-22(2,20(25)26)13-6-3-4-9-17-11-8-12-18(19(17)24)10-5-7-14-23(15-16-23)21(27)28/h8,11-12,24H,3-7,9-10,13-16H2,1-2H3,(H,25,26)(H,27,28). The maximum atomic E-state index is 11.2. The lowest BCUT2D eigenvalue weighted by Gasteiger charge is -2.18. The Bertz CT molecular complexity index is 688. The van der Waals surface area contributed by atoms with Gasteiger partial charge < -0.3 is 15.3 Å². The van der Waals surface area contributed by atoms with E-state index in [-0.39, 0.29) is 0 Å². The molecule has 0 aliphatic heterocycles. The predicted octanol–water partition coefficient (Wildman–Crippen LogP) is 5.18. The van der Waals surface area contributed by atoms with Crippen LogP contribution in [-0.2, 0) is 22.4 Å². The van der Waals surface area contributed by atoms with Crippen molar-refractivity contribution in [3.05, 3.63) is 29.3 Å². The lowest BCUT2D eigenvalue weighted by atomic mass is 9.87. The summed E-state index contributed by atoms with van der Waals surface area (Å²) in [5, 5.41) is 28.9. The first-order chi connectivity index (χ1) is 13.2. The molecule has 0 amide bonds. The number of benzene rings is 1. The van der Waals surface area contributed by atoms with E-state index in [9.17, 15) is 19.8 Å². The van der Waals surface area contributed by atoms with E-state index in [4.69, 9.17) is 5.11 Å². The van der Waals surface area contributed by atoms with Crippen molar-refractivity contribution in [1.82, 2.24) is 0 Å². The van der Waals surface area contributed by atoms with Crippen molar-refractivity contribution < 1.29 is 24.9 Å². The van der Waals surface area contributed by atoms with Crippen LogP contribution in [0, 0.1) is 10.8 Å². The zero-order chi connectivity index (χ0) is 20.8. The highest BCUT2D eigenvalue weighted by atomic mass is 16.4. The molecule has 5 nitrogen and oxygen atoms in total. The maximum Gasteiger partial charge on any atom is 0.309 e. The van der Waals surface area contributed by atoms with Crippen molar-refractivity contribution in [1.29, 1.82) is 0 Å². The topological polar surface area (TPSA) is 94.8 Å². The SMILES string of the molecule is CC(C)(CCCCCc1cccc(CCCCC2(C(=O)O)CC2)c1O)C(=O)O. The summed E-state index contributed by atoms with van der Waals surface area (Å²) in [6, 6.07) is 5.86. The maximum absolute atomic E-state index is 11.2. The molecule has 5 heteroatoms. The van der Waals surface area contributed by atoms with E-state index >= 15 is 0 Å². The molecule has 0 bridgehead atoms. The number of aromatic hydroxyl groups is 1. The molecule has 1 aliphatic carbocycles. The average molecular weight is 391 g/mol. The Labute approximate surface area is 167 Å². The Morgan fingerprint density at radius 3 is 2.04 bits per heavy atom. The number of rotatable bonds is 13. The number of carboxylic acids is 2. The first kappa shape index (κ1) is 22.3. The van der Waals surface area contributed by atoms with Gasteiger partial charge in [-0.3, -0.25) is 9.59 Å². The van der Waals surface area contributed by atoms with Gasteiger partial charge in [0.25, 0.3) is 0 Å². The van der Waals surface area contributed by atoms with Gasteiger partial charge in [-0.1, -0.05) is 37.5 Å². The van der Waals surface area contributed by atoms with Gasteiger partial charge in [0.2, 0.25) is 0 Å². The number of hydrogen-bond acceptors (Lipinski definition) is 3. The fourth-order valence-electron chi connectivity index (χ4n) is 3.71. The molecular weight excluding hydrogens is 356 g/mol. The van der Waals surface area contributed by atoms with Crippen molar-refractivity contribution >= 4 is 11.9 Å². The smallest absolute Gasteiger partial charge is 0.309 e. The highest BCUT2D eigenvalue weighted by Crippen LogP contribution is 2.50. The van der Waals surface area contributed by atoms with Crippen molar-refractivity contribution in [2.75, 3.05) is 0 Å². The molecule has 0 atom stereocenters. The van der Waals surface area contributed by atoms with E-state index in [2.05, 4.69) is 0 Å². The van der Waals surface area contributed by atoms with Gasteiger partial charge in [-0.2, -0.15) is 0 Å². The monoisotopic (exact) mass is 390 g/mol. The molecule has 1 aromatic rings. The van der Waals surface area contributed by atoms with E-state index in [1.54, 1.807) is 13.8 Å². The van der Waals surface area contributed by atoms with Gasteiger partial charge in [0.05, 0.1) is 10.8 Å². The van der Waals surface area contributed by atoms with Crippen molar-refractivity contribution in [3.8, 4) is 5.75 Å². The second kappa shape index (κ2) is 9.44. The number of aryl methyl sites for hydroxylation is 2. The summed E-state index contributed by atoms with van der Waals surface area (Å²) in [5.41, 5.74) is 0.741. The molecule has 1 saturated carbocycles. The van der Waals surface area contributed by atoms with E-state index < -0.39 is 22.8 Å². The first-order valence-electron chi connectivity index (χ1n) is 10.4. The Hall–Kier alpha value is -2.04. The van der Waals surface area contributed by atoms with Gasteiger partial charge in [-0.15, -0.1) is 0 Å². The third-order valence-electron chi connectivity index (χ3n) is 6.19. The molecule has 1 fully saturated rings.